The van der Waals surface area contributed by atoms with Crippen LogP contribution in [-0.4, -0.2) is 59.2 Å². The zero-order chi connectivity index (χ0) is 28.0. The summed E-state index contributed by atoms with van der Waals surface area (Å²) in [6, 6.07) is 7.51. The molecule has 0 heterocycles. The maximum atomic E-state index is 12.9. The van der Waals surface area contributed by atoms with Crippen LogP contribution >= 0.6 is 0 Å². The summed E-state index contributed by atoms with van der Waals surface area (Å²) in [6.45, 7) is 3.49. The Kier molecular flexibility index (Phi) is 13.4. The lowest BCUT2D eigenvalue weighted by Gasteiger charge is -2.22. The number of carbonyl (C=O) groups is 5. The number of hydrogen-bond donors (Lipinski definition) is 6. The number of aliphatic carboxylic acids is 1. The lowest BCUT2D eigenvalue weighted by atomic mass is 9.92. The number of carbonyl (C=O) groups excluding carboxylic acids is 4. The molecule has 0 aliphatic heterocycles. The van der Waals surface area contributed by atoms with Crippen molar-refractivity contribution in [2.24, 2.45) is 34.0 Å². The largest absolute Gasteiger partial charge is 0.481 e. The van der Waals surface area contributed by atoms with Gasteiger partial charge in [0.1, 0.15) is 6.04 Å². The highest BCUT2D eigenvalue weighted by molar-refractivity contribution is 5.94. The summed E-state index contributed by atoms with van der Waals surface area (Å²) in [6.07, 6.45) is 0.212. The fourth-order valence-corrected chi connectivity index (χ4v) is 3.62. The minimum Gasteiger partial charge on any atom is -0.481 e. The summed E-state index contributed by atoms with van der Waals surface area (Å²) in [5.41, 5.74) is 16.9. The van der Waals surface area contributed by atoms with Crippen LogP contribution in [0.4, 0.5) is 0 Å². The van der Waals surface area contributed by atoms with Crippen molar-refractivity contribution in [3.63, 3.8) is 0 Å². The van der Waals surface area contributed by atoms with Gasteiger partial charge in [0.25, 0.3) is 0 Å². The smallest absolute Gasteiger partial charge is 0.303 e. The molecule has 0 radical (unpaired) electrons. The molecule has 0 saturated heterocycles. The molecule has 1 aromatic carbocycles. The zero-order valence-corrected chi connectivity index (χ0v) is 21.3. The van der Waals surface area contributed by atoms with Crippen molar-refractivity contribution >= 4 is 35.4 Å². The van der Waals surface area contributed by atoms with Crippen LogP contribution in [0.15, 0.2) is 35.3 Å². The van der Waals surface area contributed by atoms with E-state index in [-0.39, 0.29) is 50.0 Å². The molecule has 0 unspecified atom stereocenters. The lowest BCUT2D eigenvalue weighted by Crippen LogP contribution is -2.48. The van der Waals surface area contributed by atoms with Gasteiger partial charge in [-0.25, -0.2) is 0 Å². The number of nitrogens with two attached hydrogens (primary N) is 3. The Morgan fingerprint density at radius 3 is 2.16 bits per heavy atom. The van der Waals surface area contributed by atoms with E-state index in [1.807, 2.05) is 30.3 Å². The van der Waals surface area contributed by atoms with E-state index in [2.05, 4.69) is 15.6 Å². The number of guanidine groups is 1. The number of nitrogens with zero attached hydrogens (tertiary/aromatic N) is 1. The first kappa shape index (κ1) is 31.1. The maximum absolute atomic E-state index is 12.9. The number of carboxylic acid groups (broad SMARTS) is 1. The van der Waals surface area contributed by atoms with Crippen LogP contribution in [0.3, 0.4) is 0 Å². The first-order chi connectivity index (χ1) is 17.4. The van der Waals surface area contributed by atoms with Crippen LogP contribution in [0.25, 0.3) is 0 Å². The van der Waals surface area contributed by atoms with Crippen LogP contribution < -0.4 is 27.8 Å². The number of aliphatic imine (C=N–C) groups is 1. The van der Waals surface area contributed by atoms with Crippen LogP contribution in [0.2, 0.25) is 0 Å². The summed E-state index contributed by atoms with van der Waals surface area (Å²) < 4.78 is 0. The van der Waals surface area contributed by atoms with Crippen LogP contribution in [0, 0.1) is 11.8 Å². The molecule has 0 aliphatic carbocycles. The fraction of sp³-hybridized carbons (Fsp3) is 0.520. The molecule has 12 nitrogen and oxygen atoms in total. The average molecular weight is 519 g/mol. The van der Waals surface area contributed by atoms with Crippen molar-refractivity contribution in [1.29, 1.82) is 0 Å². The van der Waals surface area contributed by atoms with Crippen molar-refractivity contribution < 1.29 is 29.1 Å². The van der Waals surface area contributed by atoms with Gasteiger partial charge in [0.2, 0.25) is 17.7 Å². The average Bonchev–Trinajstić information content (AvgIpc) is 2.83. The predicted octanol–water partition coefficient (Wildman–Crippen LogP) is -0.166. The molecule has 12 heteroatoms. The molecular weight excluding hydrogens is 480 g/mol. The summed E-state index contributed by atoms with van der Waals surface area (Å²) in [5, 5.41) is 14.2. The van der Waals surface area contributed by atoms with E-state index in [4.69, 9.17) is 22.3 Å². The number of benzene rings is 1. The number of hydrogen-bond acceptors (Lipinski definition) is 6. The zero-order valence-electron chi connectivity index (χ0n) is 21.3. The molecule has 0 spiro atoms. The third kappa shape index (κ3) is 12.5. The van der Waals surface area contributed by atoms with Crippen molar-refractivity contribution in [3.8, 4) is 0 Å². The van der Waals surface area contributed by atoms with Gasteiger partial charge in [0, 0.05) is 31.2 Å². The molecule has 1 aromatic rings. The topological polar surface area (TPSA) is 220 Å². The van der Waals surface area contributed by atoms with Gasteiger partial charge in [-0.2, -0.15) is 0 Å². The molecule has 204 valence electrons. The van der Waals surface area contributed by atoms with Gasteiger partial charge in [-0.05, 0) is 38.2 Å². The van der Waals surface area contributed by atoms with Crippen LogP contribution in [0.1, 0.15) is 51.5 Å². The number of amides is 3. The second-order valence-corrected chi connectivity index (χ2v) is 9.03. The Bertz CT molecular complexity index is 964. The Labute approximate surface area is 216 Å². The summed E-state index contributed by atoms with van der Waals surface area (Å²) in [7, 11) is 0. The molecule has 0 aliphatic rings. The molecule has 37 heavy (non-hydrogen) atoms. The highest BCUT2D eigenvalue weighted by Gasteiger charge is 2.29. The standard InChI is InChI=1S/C25H38N6O6/c1-15(13-17-7-4-3-5-8-17)23(36)30-16(2)20(32)14-18(10-11-21(33)34)24(37)31-19(22(26)35)9-6-12-29-25(27)28/h3-5,7-8,15-16,18-19H,6,9-14H2,1-2H3,(H2,26,35)(H,30,36)(H,31,37)(H,33,34)(H4,27,28,29)/t15-,16-,18+,19-/m0/s1. The first-order valence-corrected chi connectivity index (χ1v) is 12.1. The SMILES string of the molecule is C[C@H](NC(=O)[C@@H](C)Cc1ccccc1)C(=O)C[C@@H](CCC(=O)O)C(=O)N[C@@H](CCCN=C(N)N)C(N)=O. The quantitative estimate of drug-likeness (QED) is 0.0921. The van der Waals surface area contributed by atoms with Gasteiger partial charge >= 0.3 is 5.97 Å². The van der Waals surface area contributed by atoms with Gasteiger partial charge in [0.05, 0.1) is 6.04 Å². The van der Waals surface area contributed by atoms with Gasteiger partial charge < -0.3 is 32.9 Å². The number of ketones is 1. The highest BCUT2D eigenvalue weighted by atomic mass is 16.4. The lowest BCUT2D eigenvalue weighted by molar-refractivity contribution is -0.138. The minimum absolute atomic E-state index is 0.109. The van der Waals surface area contributed by atoms with Crippen LogP contribution in [-0.2, 0) is 30.4 Å². The van der Waals surface area contributed by atoms with E-state index in [9.17, 15) is 24.0 Å². The third-order valence-electron chi connectivity index (χ3n) is 5.80. The molecule has 4 atom stereocenters. The number of Topliss-reactive ketones (excluding diaryl/α,β-unsaturated/α-hetero) is 1. The number of primary amides is 1. The second-order valence-electron chi connectivity index (χ2n) is 9.03. The third-order valence-corrected chi connectivity index (χ3v) is 5.80. The van der Waals surface area contributed by atoms with Crippen molar-refractivity contribution in [2.45, 2.75) is 64.5 Å². The molecule has 1 rings (SSSR count). The molecular formula is C25H38N6O6. The van der Waals surface area contributed by atoms with Crippen LogP contribution in [0.5, 0.6) is 0 Å². The van der Waals surface area contributed by atoms with E-state index in [0.29, 0.717) is 12.8 Å². The van der Waals surface area contributed by atoms with E-state index < -0.39 is 41.6 Å². The van der Waals surface area contributed by atoms with E-state index in [1.165, 1.54) is 6.92 Å². The summed E-state index contributed by atoms with van der Waals surface area (Å²) >= 11 is 0. The van der Waals surface area contributed by atoms with Gasteiger partial charge in [-0.1, -0.05) is 37.3 Å². The van der Waals surface area contributed by atoms with Gasteiger partial charge in [-0.3, -0.25) is 29.0 Å². The number of carboxylic acids is 1. The number of rotatable bonds is 17. The Morgan fingerprint density at radius 1 is 0.946 bits per heavy atom. The summed E-state index contributed by atoms with van der Waals surface area (Å²) in [5.74, 6) is -4.86. The van der Waals surface area contributed by atoms with Gasteiger partial charge in [0.15, 0.2) is 11.7 Å². The second kappa shape index (κ2) is 15.9. The van der Waals surface area contributed by atoms with E-state index in [0.717, 1.165) is 5.56 Å². The molecule has 0 fully saturated rings. The Balaban J connectivity index is 2.77. The van der Waals surface area contributed by atoms with Crippen molar-refractivity contribution in [3.05, 3.63) is 35.9 Å². The minimum atomic E-state index is -1.13. The van der Waals surface area contributed by atoms with Crippen molar-refractivity contribution in [1.82, 2.24) is 10.6 Å². The number of nitrogens with one attached hydrogen (secondary N) is 2. The van der Waals surface area contributed by atoms with Gasteiger partial charge in [-0.15, -0.1) is 0 Å². The first-order valence-electron chi connectivity index (χ1n) is 12.1. The van der Waals surface area contributed by atoms with E-state index in [1.54, 1.807) is 6.92 Å². The molecule has 3 amide bonds. The Morgan fingerprint density at radius 2 is 1.59 bits per heavy atom. The maximum Gasteiger partial charge on any atom is 0.303 e. The molecule has 9 N–H and O–H groups in total. The highest BCUT2D eigenvalue weighted by Crippen LogP contribution is 2.16. The fourth-order valence-electron chi connectivity index (χ4n) is 3.62. The summed E-state index contributed by atoms with van der Waals surface area (Å²) in [4.78, 5) is 65.0. The monoisotopic (exact) mass is 518 g/mol. The molecule has 0 saturated carbocycles. The van der Waals surface area contributed by atoms with E-state index >= 15 is 0 Å². The normalized spacial score (nSPS) is 13.9. The molecule has 0 bridgehead atoms. The van der Waals surface area contributed by atoms with Crippen molar-refractivity contribution in [2.75, 3.05) is 6.54 Å². The predicted molar refractivity (Wildman–Crippen MR) is 138 cm³/mol. The Hall–Kier alpha value is -3.96. The molecule has 0 aromatic heterocycles.